The van der Waals surface area contributed by atoms with Gasteiger partial charge in [-0.3, -0.25) is 4.79 Å². The van der Waals surface area contributed by atoms with Gasteiger partial charge < -0.3 is 5.32 Å². The molecule has 1 N–H and O–H groups in total. The first-order chi connectivity index (χ1) is 8.95. The van der Waals surface area contributed by atoms with E-state index >= 15 is 0 Å². The fraction of sp³-hybridized carbons (Fsp3) is 0.462. The Morgan fingerprint density at radius 1 is 1.37 bits per heavy atom. The lowest BCUT2D eigenvalue weighted by molar-refractivity contribution is -0.119. The number of carbonyl (C=O) groups is 1. The van der Waals surface area contributed by atoms with Gasteiger partial charge in [-0.15, -0.1) is 0 Å². The zero-order valence-corrected chi connectivity index (χ0v) is 11.9. The SMILES string of the molecule is CCCS(=O)(=O)N1Cc2ccccc2NC(=O)C1C. The van der Waals surface area contributed by atoms with Crippen molar-refractivity contribution in [3.05, 3.63) is 29.8 Å². The van der Waals surface area contributed by atoms with Gasteiger partial charge in [0, 0.05) is 12.2 Å². The second kappa shape index (κ2) is 5.30. The summed E-state index contributed by atoms with van der Waals surface area (Å²) >= 11 is 0. The standard InChI is InChI=1S/C13H18N2O3S/c1-3-8-19(17,18)15-9-11-6-4-5-7-12(11)14-13(16)10(15)2/h4-7,10H,3,8-9H2,1-2H3,(H,14,16). The Balaban J connectivity index is 2.42. The van der Waals surface area contributed by atoms with Crippen LogP contribution in [0.25, 0.3) is 0 Å². The molecule has 19 heavy (non-hydrogen) atoms. The molecule has 1 unspecified atom stereocenters. The topological polar surface area (TPSA) is 66.5 Å². The number of carbonyl (C=O) groups excluding carboxylic acids is 1. The molecule has 0 radical (unpaired) electrons. The van der Waals surface area contributed by atoms with Crippen LogP contribution in [0.4, 0.5) is 5.69 Å². The number of para-hydroxylation sites is 1. The molecule has 0 fully saturated rings. The van der Waals surface area contributed by atoms with Crippen LogP contribution < -0.4 is 5.32 Å². The summed E-state index contributed by atoms with van der Waals surface area (Å²) < 4.78 is 25.8. The molecule has 1 aliphatic rings. The highest BCUT2D eigenvalue weighted by Gasteiger charge is 2.34. The summed E-state index contributed by atoms with van der Waals surface area (Å²) in [6.07, 6.45) is 0.537. The van der Waals surface area contributed by atoms with Crippen molar-refractivity contribution in [2.24, 2.45) is 0 Å². The van der Waals surface area contributed by atoms with Crippen molar-refractivity contribution in [3.8, 4) is 0 Å². The zero-order valence-electron chi connectivity index (χ0n) is 11.1. The largest absolute Gasteiger partial charge is 0.324 e. The molecule has 6 heteroatoms. The van der Waals surface area contributed by atoms with Gasteiger partial charge in [-0.1, -0.05) is 25.1 Å². The third-order valence-corrected chi connectivity index (χ3v) is 5.32. The molecule has 1 aromatic carbocycles. The number of benzene rings is 1. The van der Waals surface area contributed by atoms with E-state index < -0.39 is 16.1 Å². The van der Waals surface area contributed by atoms with E-state index in [2.05, 4.69) is 5.32 Å². The lowest BCUT2D eigenvalue weighted by Gasteiger charge is -2.24. The minimum Gasteiger partial charge on any atom is -0.324 e. The van der Waals surface area contributed by atoms with Crippen LogP contribution in [0.3, 0.4) is 0 Å². The number of amides is 1. The van der Waals surface area contributed by atoms with Gasteiger partial charge in [-0.25, -0.2) is 8.42 Å². The first kappa shape index (κ1) is 14.0. The molecule has 1 aliphatic heterocycles. The maximum atomic E-state index is 12.3. The highest BCUT2D eigenvalue weighted by atomic mass is 32.2. The number of hydrogen-bond acceptors (Lipinski definition) is 3. The Morgan fingerprint density at radius 2 is 2.05 bits per heavy atom. The molecule has 5 nitrogen and oxygen atoms in total. The van der Waals surface area contributed by atoms with Gasteiger partial charge >= 0.3 is 0 Å². The van der Waals surface area contributed by atoms with Crippen LogP contribution in [-0.4, -0.2) is 30.4 Å². The van der Waals surface area contributed by atoms with Crippen LogP contribution >= 0.6 is 0 Å². The molecule has 104 valence electrons. The smallest absolute Gasteiger partial charge is 0.242 e. The number of hydrogen-bond donors (Lipinski definition) is 1. The third-order valence-electron chi connectivity index (χ3n) is 3.23. The van der Waals surface area contributed by atoms with E-state index in [1.165, 1.54) is 4.31 Å². The molecule has 0 aliphatic carbocycles. The molecular weight excluding hydrogens is 264 g/mol. The number of anilines is 1. The zero-order chi connectivity index (χ0) is 14.0. The van der Waals surface area contributed by atoms with Crippen molar-refractivity contribution in [2.75, 3.05) is 11.1 Å². The van der Waals surface area contributed by atoms with Gasteiger partial charge in [0.2, 0.25) is 15.9 Å². The van der Waals surface area contributed by atoms with Gasteiger partial charge in [0.1, 0.15) is 6.04 Å². The second-order valence-electron chi connectivity index (χ2n) is 4.68. The molecule has 1 amide bonds. The highest BCUT2D eigenvalue weighted by molar-refractivity contribution is 7.89. The average Bonchev–Trinajstić information content (AvgIpc) is 2.48. The van der Waals surface area contributed by atoms with Crippen LogP contribution in [-0.2, 0) is 21.4 Å². The molecule has 0 bridgehead atoms. The van der Waals surface area contributed by atoms with Crippen molar-refractivity contribution < 1.29 is 13.2 Å². The van der Waals surface area contributed by atoms with Crippen molar-refractivity contribution in [1.29, 1.82) is 0 Å². The van der Waals surface area contributed by atoms with E-state index in [1.54, 1.807) is 13.0 Å². The Kier molecular flexibility index (Phi) is 3.91. The van der Waals surface area contributed by atoms with Gasteiger partial charge in [-0.05, 0) is 25.0 Å². The second-order valence-corrected chi connectivity index (χ2v) is 6.72. The van der Waals surface area contributed by atoms with E-state index in [0.29, 0.717) is 12.1 Å². The fourth-order valence-corrected chi connectivity index (χ4v) is 3.83. The van der Waals surface area contributed by atoms with Crippen LogP contribution in [0.5, 0.6) is 0 Å². The lowest BCUT2D eigenvalue weighted by atomic mass is 10.2. The minimum absolute atomic E-state index is 0.0623. The van der Waals surface area contributed by atoms with Gasteiger partial charge in [0.15, 0.2) is 0 Å². The molecular formula is C13H18N2O3S. The first-order valence-electron chi connectivity index (χ1n) is 6.34. The summed E-state index contributed by atoms with van der Waals surface area (Å²) in [7, 11) is -3.41. The number of sulfonamides is 1. The fourth-order valence-electron chi connectivity index (χ4n) is 2.17. The Bertz CT molecular complexity index is 583. The van der Waals surface area contributed by atoms with Crippen LogP contribution in [0.15, 0.2) is 24.3 Å². The summed E-state index contributed by atoms with van der Waals surface area (Å²) in [5, 5.41) is 2.77. The van der Waals surface area contributed by atoms with Crippen LogP contribution in [0.1, 0.15) is 25.8 Å². The molecule has 0 aromatic heterocycles. The van der Waals surface area contributed by atoms with E-state index in [-0.39, 0.29) is 18.2 Å². The van der Waals surface area contributed by atoms with E-state index in [9.17, 15) is 13.2 Å². The van der Waals surface area contributed by atoms with Crippen molar-refractivity contribution >= 4 is 21.6 Å². The number of fused-ring (bicyclic) bond motifs is 1. The highest BCUT2D eigenvalue weighted by Crippen LogP contribution is 2.25. The number of nitrogens with zero attached hydrogens (tertiary/aromatic N) is 1. The molecule has 0 saturated carbocycles. The Morgan fingerprint density at radius 3 is 2.74 bits per heavy atom. The monoisotopic (exact) mass is 282 g/mol. The molecule has 2 rings (SSSR count). The van der Waals surface area contributed by atoms with Gasteiger partial charge in [0.05, 0.1) is 5.75 Å². The summed E-state index contributed by atoms with van der Waals surface area (Å²) in [6, 6.07) is 6.59. The van der Waals surface area contributed by atoms with Crippen LogP contribution in [0, 0.1) is 0 Å². The Labute approximate surface area is 113 Å². The summed E-state index contributed by atoms with van der Waals surface area (Å²) in [5.41, 5.74) is 1.51. The number of rotatable bonds is 3. The van der Waals surface area contributed by atoms with Gasteiger partial charge in [-0.2, -0.15) is 4.31 Å². The maximum absolute atomic E-state index is 12.3. The van der Waals surface area contributed by atoms with E-state index in [1.807, 2.05) is 25.1 Å². The number of nitrogens with one attached hydrogen (secondary N) is 1. The van der Waals surface area contributed by atoms with E-state index in [0.717, 1.165) is 5.56 Å². The minimum atomic E-state index is -3.41. The predicted molar refractivity (Wildman–Crippen MR) is 74.2 cm³/mol. The van der Waals surface area contributed by atoms with Crippen molar-refractivity contribution in [2.45, 2.75) is 32.9 Å². The first-order valence-corrected chi connectivity index (χ1v) is 7.95. The third kappa shape index (κ3) is 2.79. The summed E-state index contributed by atoms with van der Waals surface area (Å²) in [6.45, 7) is 3.67. The summed E-state index contributed by atoms with van der Waals surface area (Å²) in [5.74, 6) is -0.225. The Hall–Kier alpha value is -1.40. The summed E-state index contributed by atoms with van der Waals surface area (Å²) in [4.78, 5) is 12.0. The normalized spacial score (nSPS) is 20.5. The molecule has 0 saturated heterocycles. The van der Waals surface area contributed by atoms with Crippen LogP contribution in [0.2, 0.25) is 0 Å². The average molecular weight is 282 g/mol. The maximum Gasteiger partial charge on any atom is 0.242 e. The van der Waals surface area contributed by atoms with Crippen molar-refractivity contribution in [3.63, 3.8) is 0 Å². The van der Waals surface area contributed by atoms with Gasteiger partial charge in [0.25, 0.3) is 0 Å². The molecule has 0 spiro atoms. The molecule has 1 aromatic rings. The molecule has 1 atom stereocenters. The van der Waals surface area contributed by atoms with Crippen molar-refractivity contribution in [1.82, 2.24) is 4.31 Å². The van der Waals surface area contributed by atoms with E-state index in [4.69, 9.17) is 0 Å². The lowest BCUT2D eigenvalue weighted by Crippen LogP contribution is -2.44. The predicted octanol–water partition coefficient (Wildman–Crippen LogP) is 1.57. The quantitative estimate of drug-likeness (QED) is 0.915. The molecule has 1 heterocycles.